The van der Waals surface area contributed by atoms with Gasteiger partial charge in [-0.1, -0.05) is 12.1 Å². The van der Waals surface area contributed by atoms with Gasteiger partial charge in [0.25, 0.3) is 11.8 Å². The molecule has 8 heteroatoms. The molecule has 0 saturated carbocycles. The van der Waals surface area contributed by atoms with Crippen molar-refractivity contribution in [3.05, 3.63) is 77.8 Å². The number of anilines is 1. The van der Waals surface area contributed by atoms with Gasteiger partial charge in [-0.25, -0.2) is 9.18 Å². The van der Waals surface area contributed by atoms with Gasteiger partial charge >= 0.3 is 6.03 Å². The second kappa shape index (κ2) is 6.90. The summed E-state index contributed by atoms with van der Waals surface area (Å²) >= 11 is 0. The van der Waals surface area contributed by atoms with Gasteiger partial charge in [0.15, 0.2) is 5.76 Å². The molecule has 3 aromatic rings. The summed E-state index contributed by atoms with van der Waals surface area (Å²) < 4.78 is 18.6. The lowest BCUT2D eigenvalue weighted by molar-refractivity contribution is -0.123. The lowest BCUT2D eigenvalue weighted by Crippen LogP contribution is -2.40. The van der Waals surface area contributed by atoms with E-state index in [0.717, 1.165) is 0 Å². The molecular weight excluding hydrogens is 377 g/mol. The summed E-state index contributed by atoms with van der Waals surface area (Å²) in [6.07, 6.45) is 0. The van der Waals surface area contributed by atoms with E-state index in [1.54, 1.807) is 49.4 Å². The fourth-order valence-corrected chi connectivity index (χ4v) is 3.08. The Bertz CT molecular complexity index is 1120. The Morgan fingerprint density at radius 1 is 1.07 bits per heavy atom. The summed E-state index contributed by atoms with van der Waals surface area (Å²) in [5.41, 5.74) is 0.369. The molecule has 1 aliphatic rings. The molecule has 2 heterocycles. The first-order chi connectivity index (χ1) is 13.8. The molecular formula is C21H16FN3O4. The summed E-state index contributed by atoms with van der Waals surface area (Å²) in [6.45, 7) is 1.58. The van der Waals surface area contributed by atoms with Gasteiger partial charge in [0, 0.05) is 11.3 Å². The molecule has 146 valence electrons. The van der Waals surface area contributed by atoms with Crippen LogP contribution in [0.25, 0.3) is 11.3 Å². The van der Waals surface area contributed by atoms with Crippen LogP contribution in [0, 0.1) is 5.82 Å². The minimum absolute atomic E-state index is 0.0767. The molecule has 0 radical (unpaired) electrons. The number of nitrogens with one attached hydrogen (secondary N) is 3. The predicted octanol–water partition coefficient (Wildman–Crippen LogP) is 3.39. The van der Waals surface area contributed by atoms with E-state index in [1.807, 2.05) is 0 Å². The number of hydrogen-bond acceptors (Lipinski definition) is 4. The number of hydrogen-bond donors (Lipinski definition) is 3. The van der Waals surface area contributed by atoms with Crippen LogP contribution in [0.15, 0.2) is 65.1 Å². The number of furan rings is 1. The fraction of sp³-hybridized carbons (Fsp3) is 0.0952. The zero-order chi connectivity index (χ0) is 20.6. The van der Waals surface area contributed by atoms with Crippen molar-refractivity contribution in [1.29, 1.82) is 0 Å². The highest BCUT2D eigenvalue weighted by atomic mass is 19.1. The summed E-state index contributed by atoms with van der Waals surface area (Å²) in [4.78, 5) is 36.1. The van der Waals surface area contributed by atoms with Crippen LogP contribution < -0.4 is 16.0 Å². The van der Waals surface area contributed by atoms with Crippen molar-refractivity contribution in [3.63, 3.8) is 0 Å². The second-order valence-electron chi connectivity index (χ2n) is 6.74. The number of imide groups is 1. The van der Waals surface area contributed by atoms with Gasteiger partial charge in [0.05, 0.1) is 0 Å². The number of benzene rings is 2. The minimum atomic E-state index is -1.22. The predicted molar refractivity (Wildman–Crippen MR) is 103 cm³/mol. The van der Waals surface area contributed by atoms with Gasteiger partial charge in [0.2, 0.25) is 0 Å². The van der Waals surface area contributed by atoms with Crippen molar-refractivity contribution >= 4 is 23.5 Å². The molecule has 7 nitrogen and oxygen atoms in total. The van der Waals surface area contributed by atoms with E-state index in [0.29, 0.717) is 22.6 Å². The number of amides is 4. The maximum absolute atomic E-state index is 13.1. The Morgan fingerprint density at radius 3 is 2.52 bits per heavy atom. The van der Waals surface area contributed by atoms with E-state index >= 15 is 0 Å². The normalized spacial score (nSPS) is 18.3. The monoisotopic (exact) mass is 393 g/mol. The zero-order valence-corrected chi connectivity index (χ0v) is 15.3. The topological polar surface area (TPSA) is 100 Å². The van der Waals surface area contributed by atoms with E-state index in [9.17, 15) is 18.8 Å². The third-order valence-corrected chi connectivity index (χ3v) is 4.70. The number of rotatable bonds is 4. The van der Waals surface area contributed by atoms with E-state index in [2.05, 4.69) is 16.0 Å². The first-order valence-corrected chi connectivity index (χ1v) is 8.76. The first kappa shape index (κ1) is 18.4. The maximum atomic E-state index is 13.1. The Balaban J connectivity index is 1.53. The lowest BCUT2D eigenvalue weighted by Gasteiger charge is -2.21. The smallest absolute Gasteiger partial charge is 0.322 e. The molecule has 0 aliphatic carbocycles. The van der Waals surface area contributed by atoms with Crippen LogP contribution in [0.5, 0.6) is 0 Å². The molecule has 2 aromatic carbocycles. The van der Waals surface area contributed by atoms with Gasteiger partial charge < -0.3 is 15.1 Å². The van der Waals surface area contributed by atoms with E-state index in [1.165, 1.54) is 18.2 Å². The Kier molecular flexibility index (Phi) is 4.38. The summed E-state index contributed by atoms with van der Waals surface area (Å²) in [6, 6.07) is 14.9. The molecule has 1 aliphatic heterocycles. The zero-order valence-electron chi connectivity index (χ0n) is 15.3. The Hall–Kier alpha value is -3.94. The highest BCUT2D eigenvalue weighted by Crippen LogP contribution is 2.27. The number of carbonyl (C=O) groups excluding carboxylic acids is 3. The minimum Gasteiger partial charge on any atom is -0.451 e. The van der Waals surface area contributed by atoms with Gasteiger partial charge in [-0.05, 0) is 61.0 Å². The third kappa shape index (κ3) is 3.47. The Labute approximate surface area is 164 Å². The molecule has 4 amide bonds. The number of urea groups is 1. The van der Waals surface area contributed by atoms with Crippen LogP contribution in [-0.2, 0) is 10.3 Å². The molecule has 1 atom stereocenters. The summed E-state index contributed by atoms with van der Waals surface area (Å²) in [5, 5.41) is 7.48. The van der Waals surface area contributed by atoms with Crippen LogP contribution in [0.4, 0.5) is 14.9 Å². The molecule has 29 heavy (non-hydrogen) atoms. The van der Waals surface area contributed by atoms with Crippen molar-refractivity contribution in [2.24, 2.45) is 0 Å². The molecule has 0 spiro atoms. The van der Waals surface area contributed by atoms with Crippen molar-refractivity contribution in [3.8, 4) is 11.3 Å². The van der Waals surface area contributed by atoms with E-state index in [4.69, 9.17) is 4.42 Å². The molecule has 3 N–H and O–H groups in total. The molecule has 4 rings (SSSR count). The van der Waals surface area contributed by atoms with Gasteiger partial charge in [-0.15, -0.1) is 0 Å². The fourth-order valence-electron chi connectivity index (χ4n) is 3.08. The highest BCUT2D eigenvalue weighted by molar-refractivity contribution is 6.07. The van der Waals surface area contributed by atoms with Crippen molar-refractivity contribution in [1.82, 2.24) is 10.6 Å². The van der Waals surface area contributed by atoms with E-state index < -0.39 is 23.4 Å². The molecule has 1 fully saturated rings. The van der Waals surface area contributed by atoms with Gasteiger partial charge in [-0.3, -0.25) is 14.9 Å². The van der Waals surface area contributed by atoms with Gasteiger partial charge in [0.1, 0.15) is 17.1 Å². The van der Waals surface area contributed by atoms with Crippen LogP contribution >= 0.6 is 0 Å². The van der Waals surface area contributed by atoms with Crippen molar-refractivity contribution < 1.29 is 23.2 Å². The number of halogens is 1. The SMILES string of the molecule is C[C@]1(c2cccc(NC(=O)c3ccc(-c4ccc(F)cc4)o3)c2)NC(=O)NC1=O. The standard InChI is InChI=1S/C21H16FN3O4/c1-21(19(27)24-20(28)25-21)13-3-2-4-15(11-13)23-18(26)17-10-9-16(29-17)12-5-7-14(22)8-6-12/h2-11H,1H3,(H,23,26)(H2,24,25,27,28)/t21-/m1/s1. The average molecular weight is 393 g/mol. The van der Waals surface area contributed by atoms with Crippen LogP contribution in [0.1, 0.15) is 23.0 Å². The lowest BCUT2D eigenvalue weighted by atomic mass is 9.92. The number of carbonyl (C=O) groups is 3. The maximum Gasteiger partial charge on any atom is 0.322 e. The quantitative estimate of drug-likeness (QED) is 0.592. The van der Waals surface area contributed by atoms with Crippen LogP contribution in [0.2, 0.25) is 0 Å². The second-order valence-corrected chi connectivity index (χ2v) is 6.74. The molecule has 0 unspecified atom stereocenters. The van der Waals surface area contributed by atoms with Crippen molar-refractivity contribution in [2.45, 2.75) is 12.5 Å². The third-order valence-electron chi connectivity index (χ3n) is 4.70. The van der Waals surface area contributed by atoms with Gasteiger partial charge in [-0.2, -0.15) is 0 Å². The average Bonchev–Trinajstić information content (AvgIpc) is 3.28. The molecule has 1 aromatic heterocycles. The largest absolute Gasteiger partial charge is 0.451 e. The van der Waals surface area contributed by atoms with Crippen LogP contribution in [0.3, 0.4) is 0 Å². The molecule has 0 bridgehead atoms. The first-order valence-electron chi connectivity index (χ1n) is 8.76. The summed E-state index contributed by atoms with van der Waals surface area (Å²) in [7, 11) is 0. The molecule has 1 saturated heterocycles. The van der Waals surface area contributed by atoms with E-state index in [-0.39, 0.29) is 11.6 Å². The van der Waals surface area contributed by atoms with Crippen molar-refractivity contribution in [2.75, 3.05) is 5.32 Å². The highest BCUT2D eigenvalue weighted by Gasteiger charge is 2.43. The Morgan fingerprint density at radius 2 is 1.83 bits per heavy atom. The van der Waals surface area contributed by atoms with Crippen LogP contribution in [-0.4, -0.2) is 17.8 Å². The summed E-state index contributed by atoms with van der Waals surface area (Å²) in [5.74, 6) is -0.810.